The second kappa shape index (κ2) is 12.5. The van der Waals surface area contributed by atoms with Crippen LogP contribution >= 0.6 is 23.1 Å². The van der Waals surface area contributed by atoms with Gasteiger partial charge in [-0.1, -0.05) is 30.0 Å². The molecule has 0 fully saturated rings. The Hall–Kier alpha value is -3.64. The normalized spacial score (nSPS) is 10.7. The van der Waals surface area contributed by atoms with Crippen LogP contribution in [-0.2, 0) is 22.7 Å². The molecule has 3 N–H and O–H groups in total. The van der Waals surface area contributed by atoms with E-state index >= 15 is 0 Å². The van der Waals surface area contributed by atoms with Crippen LogP contribution in [0.2, 0.25) is 0 Å². The quantitative estimate of drug-likeness (QED) is 0.198. The molecule has 0 aliphatic heterocycles. The van der Waals surface area contributed by atoms with Gasteiger partial charge < -0.3 is 20.5 Å². The number of rotatable bonds is 12. The number of aromatic nitrogens is 3. The Morgan fingerprint density at radius 1 is 1.22 bits per heavy atom. The molecule has 3 aromatic rings. The molecule has 2 aromatic heterocycles. The highest BCUT2D eigenvalue weighted by molar-refractivity contribution is 7.99. The van der Waals surface area contributed by atoms with Gasteiger partial charge in [0.2, 0.25) is 5.91 Å². The number of hydrogen-bond acceptors (Lipinski definition) is 9. The number of allylic oxidation sites excluding steroid dienone is 1. The minimum atomic E-state index is -0.684. The van der Waals surface area contributed by atoms with Gasteiger partial charge in [-0.15, -0.1) is 28.1 Å². The van der Waals surface area contributed by atoms with Gasteiger partial charge in [0.15, 0.2) is 11.0 Å². The summed E-state index contributed by atoms with van der Waals surface area (Å²) >= 11 is 2.12. The van der Waals surface area contributed by atoms with Crippen LogP contribution in [0, 0.1) is 20.8 Å². The maximum atomic E-state index is 12.8. The largest absolute Gasteiger partial charge is 0.485 e. The summed E-state index contributed by atoms with van der Waals surface area (Å²) in [6.07, 6.45) is 1.71. The van der Waals surface area contributed by atoms with E-state index in [9.17, 15) is 14.4 Å². The fraction of sp³-hybridized carbons (Fsp3) is 0.320. The molecule has 0 saturated heterocycles. The van der Waals surface area contributed by atoms with Gasteiger partial charge in [0, 0.05) is 6.54 Å². The Morgan fingerprint density at radius 3 is 2.65 bits per heavy atom. The van der Waals surface area contributed by atoms with Crippen LogP contribution in [0.15, 0.2) is 36.0 Å². The van der Waals surface area contributed by atoms with Crippen molar-refractivity contribution in [1.82, 2.24) is 14.8 Å². The Labute approximate surface area is 223 Å². The Bertz CT molecular complexity index is 1330. The number of ether oxygens (including phenoxy) is 2. The number of aryl methyl sites for hydroxylation is 1. The van der Waals surface area contributed by atoms with Crippen molar-refractivity contribution in [3.8, 4) is 5.75 Å². The zero-order chi connectivity index (χ0) is 27.1. The first-order chi connectivity index (χ1) is 17.7. The first kappa shape index (κ1) is 27.9. The number of nitrogens with zero attached hydrogens (tertiary/aromatic N) is 3. The molecule has 196 valence electrons. The molecule has 0 bridgehead atoms. The third kappa shape index (κ3) is 6.57. The molecule has 12 heteroatoms. The lowest BCUT2D eigenvalue weighted by atomic mass is 10.1. The maximum Gasteiger partial charge on any atom is 0.341 e. The third-order valence-corrected chi connectivity index (χ3v) is 7.64. The number of carbonyl (C=O) groups is 3. The fourth-order valence-corrected chi connectivity index (χ4v) is 5.28. The summed E-state index contributed by atoms with van der Waals surface area (Å²) in [6, 6.07) is 5.85. The number of esters is 1. The topological polar surface area (TPSA) is 138 Å². The molecule has 1 aromatic carbocycles. The first-order valence-electron chi connectivity index (χ1n) is 11.4. The smallest absolute Gasteiger partial charge is 0.341 e. The molecule has 0 saturated carbocycles. The monoisotopic (exact) mass is 543 g/mol. The number of hydrogen-bond donors (Lipinski definition) is 2. The van der Waals surface area contributed by atoms with E-state index in [4.69, 9.17) is 15.2 Å². The molecule has 10 nitrogen and oxygen atoms in total. The number of thioether (sulfide) groups is 1. The summed E-state index contributed by atoms with van der Waals surface area (Å²) in [5.41, 5.74) is 8.10. The minimum Gasteiger partial charge on any atom is -0.485 e. The Balaban J connectivity index is 1.72. The van der Waals surface area contributed by atoms with Crippen LogP contribution < -0.4 is 15.8 Å². The summed E-state index contributed by atoms with van der Waals surface area (Å²) in [5, 5.41) is 11.9. The van der Waals surface area contributed by atoms with E-state index in [0.717, 1.165) is 28.2 Å². The predicted molar refractivity (Wildman–Crippen MR) is 143 cm³/mol. The van der Waals surface area contributed by atoms with Gasteiger partial charge in [-0.3, -0.25) is 14.2 Å². The Morgan fingerprint density at radius 2 is 1.97 bits per heavy atom. The zero-order valence-corrected chi connectivity index (χ0v) is 22.8. The van der Waals surface area contributed by atoms with Crippen molar-refractivity contribution in [3.63, 3.8) is 0 Å². The SMILES string of the molecule is C=CCn1c(COc2cccc(C)c2C)nnc1SCC(=O)Nc1sc(C(N)=O)c(C)c1C(=O)OCC. The molecule has 0 atom stereocenters. The molecule has 0 unspecified atom stereocenters. The molecule has 3 rings (SSSR count). The van der Waals surface area contributed by atoms with Gasteiger partial charge in [-0.2, -0.15) is 0 Å². The lowest BCUT2D eigenvalue weighted by molar-refractivity contribution is -0.113. The molecule has 0 spiro atoms. The van der Waals surface area contributed by atoms with E-state index in [1.54, 1.807) is 19.9 Å². The number of carbonyl (C=O) groups excluding carboxylic acids is 3. The number of amides is 2. The average Bonchev–Trinajstić information content (AvgIpc) is 3.39. The van der Waals surface area contributed by atoms with E-state index in [1.807, 2.05) is 36.6 Å². The number of thiophene rings is 1. The average molecular weight is 544 g/mol. The minimum absolute atomic E-state index is 0.0156. The molecular formula is C25H29N5O5S2. The summed E-state index contributed by atoms with van der Waals surface area (Å²) in [5.74, 6) is -0.372. The number of nitrogens with two attached hydrogens (primary N) is 1. The third-order valence-electron chi connectivity index (χ3n) is 5.45. The highest BCUT2D eigenvalue weighted by atomic mass is 32.2. The number of benzene rings is 1. The summed E-state index contributed by atoms with van der Waals surface area (Å²) < 4.78 is 12.9. The van der Waals surface area contributed by atoms with Gasteiger partial charge in [0.1, 0.15) is 17.4 Å². The molecule has 2 amide bonds. The van der Waals surface area contributed by atoms with Crippen LogP contribution in [0.1, 0.15) is 49.5 Å². The van der Waals surface area contributed by atoms with E-state index < -0.39 is 17.8 Å². The second-order valence-corrected chi connectivity index (χ2v) is 9.93. The van der Waals surface area contributed by atoms with Crippen LogP contribution in [0.4, 0.5) is 5.00 Å². The van der Waals surface area contributed by atoms with Crippen molar-refractivity contribution >= 4 is 45.9 Å². The van der Waals surface area contributed by atoms with Crippen molar-refractivity contribution < 1.29 is 23.9 Å². The van der Waals surface area contributed by atoms with E-state index in [1.165, 1.54) is 11.8 Å². The van der Waals surface area contributed by atoms with Crippen molar-refractivity contribution in [3.05, 3.63) is 63.8 Å². The second-order valence-electron chi connectivity index (χ2n) is 7.97. The predicted octanol–water partition coefficient (Wildman–Crippen LogP) is 4.04. The standard InChI is InChI=1S/C25H29N5O5S2/c1-6-11-30-18(12-35-17-10-8-9-14(3)15(17)4)28-29-25(30)36-13-19(31)27-23-20(24(33)34-7-2)16(5)21(37-23)22(26)32/h6,8-10H,1,7,11-13H2,2-5H3,(H2,26,32)(H,27,31). The van der Waals surface area contributed by atoms with E-state index in [2.05, 4.69) is 22.1 Å². The molecule has 0 aliphatic rings. The first-order valence-corrected chi connectivity index (χ1v) is 13.2. The van der Waals surface area contributed by atoms with Crippen molar-refractivity contribution in [2.24, 2.45) is 5.73 Å². The van der Waals surface area contributed by atoms with Crippen molar-refractivity contribution in [1.29, 1.82) is 0 Å². The summed E-state index contributed by atoms with van der Waals surface area (Å²) in [7, 11) is 0. The van der Waals surface area contributed by atoms with Crippen LogP contribution in [0.3, 0.4) is 0 Å². The molecular weight excluding hydrogens is 514 g/mol. The van der Waals surface area contributed by atoms with Gasteiger partial charge in [0.25, 0.3) is 5.91 Å². The number of primary amides is 1. The van der Waals surface area contributed by atoms with Crippen molar-refractivity contribution in [2.45, 2.75) is 46.0 Å². The van der Waals surface area contributed by atoms with Gasteiger partial charge in [-0.05, 0) is 50.5 Å². The molecule has 2 heterocycles. The molecule has 0 aliphatic carbocycles. The molecule has 0 radical (unpaired) electrons. The fourth-order valence-electron chi connectivity index (χ4n) is 3.45. The lowest BCUT2D eigenvalue weighted by Crippen LogP contribution is -2.17. The Kier molecular flexibility index (Phi) is 9.48. The van der Waals surface area contributed by atoms with Crippen molar-refractivity contribution in [2.75, 3.05) is 17.7 Å². The van der Waals surface area contributed by atoms with Gasteiger partial charge in [-0.25, -0.2) is 4.79 Å². The summed E-state index contributed by atoms with van der Waals surface area (Å²) in [6.45, 7) is 11.8. The maximum absolute atomic E-state index is 12.8. The number of anilines is 1. The lowest BCUT2D eigenvalue weighted by Gasteiger charge is -2.12. The van der Waals surface area contributed by atoms with E-state index in [0.29, 0.717) is 23.1 Å². The van der Waals surface area contributed by atoms with Crippen LogP contribution in [0.25, 0.3) is 0 Å². The van der Waals surface area contributed by atoms with Crippen LogP contribution in [-0.4, -0.2) is 44.9 Å². The highest BCUT2D eigenvalue weighted by Crippen LogP contribution is 2.34. The highest BCUT2D eigenvalue weighted by Gasteiger charge is 2.26. The van der Waals surface area contributed by atoms with E-state index in [-0.39, 0.29) is 34.4 Å². The zero-order valence-electron chi connectivity index (χ0n) is 21.1. The van der Waals surface area contributed by atoms with Gasteiger partial charge in [0.05, 0.1) is 22.8 Å². The summed E-state index contributed by atoms with van der Waals surface area (Å²) in [4.78, 5) is 37.2. The molecule has 37 heavy (non-hydrogen) atoms. The number of nitrogens with one attached hydrogen (secondary N) is 1. The van der Waals surface area contributed by atoms with Gasteiger partial charge >= 0.3 is 5.97 Å². The van der Waals surface area contributed by atoms with Crippen LogP contribution in [0.5, 0.6) is 5.75 Å².